The minimum Gasteiger partial charge on any atom is -0.356 e. The van der Waals surface area contributed by atoms with Gasteiger partial charge in [0.1, 0.15) is 0 Å². The largest absolute Gasteiger partial charge is 0.356 e. The van der Waals surface area contributed by atoms with Crippen molar-refractivity contribution >= 4 is 23.6 Å². The summed E-state index contributed by atoms with van der Waals surface area (Å²) in [5, 5.41) is 21.6. The number of unbranched alkanes of at least 4 members (excludes halogenated alkanes) is 4. The molecule has 1 aliphatic heterocycles. The zero-order valence-electron chi connectivity index (χ0n) is 28.8. The van der Waals surface area contributed by atoms with Crippen molar-refractivity contribution in [1.29, 1.82) is 0 Å². The fraction of sp³-hybridized carbons (Fsp3) is 0.806. The lowest BCUT2D eigenvalue weighted by Crippen LogP contribution is -2.53. The van der Waals surface area contributed by atoms with Crippen LogP contribution < -0.4 is 31.9 Å². The number of aromatic nitrogens is 1. The smallest absolute Gasteiger partial charge is 0.230 e. The Morgan fingerprint density at radius 3 is 1.85 bits per heavy atom. The maximum Gasteiger partial charge on any atom is 0.230 e. The Bertz CT molecular complexity index is 995. The first kappa shape index (κ1) is 37.1. The lowest BCUT2D eigenvalue weighted by atomic mass is 9.89. The number of pyridine rings is 1. The third-order valence-corrected chi connectivity index (χ3v) is 11.0. The van der Waals surface area contributed by atoms with Gasteiger partial charge in [-0.15, -0.1) is 11.8 Å². The Morgan fingerprint density at radius 2 is 1.30 bits per heavy atom. The second-order valence-electron chi connectivity index (χ2n) is 13.8. The molecule has 5 atom stereocenters. The van der Waals surface area contributed by atoms with Crippen molar-refractivity contribution in [3.8, 4) is 0 Å². The van der Waals surface area contributed by atoms with Crippen molar-refractivity contribution in [2.75, 3.05) is 31.9 Å². The number of carbonyl (C=O) groups is 2. The molecule has 2 saturated carbocycles. The monoisotopic (exact) mass is 657 g/mol. The van der Waals surface area contributed by atoms with Gasteiger partial charge in [0.2, 0.25) is 11.8 Å². The number of thioether (sulfide) groups is 1. The minimum atomic E-state index is 0.0835. The summed E-state index contributed by atoms with van der Waals surface area (Å²) < 4.78 is 0. The number of nitrogens with zero attached hydrogens (tertiary/aromatic N) is 1. The molecule has 2 bridgehead atoms. The first-order valence-corrected chi connectivity index (χ1v) is 19.6. The number of fused-ring (bicyclic) bond motifs is 4. The number of amides is 2. The maximum atomic E-state index is 12.7. The van der Waals surface area contributed by atoms with Crippen molar-refractivity contribution in [3.63, 3.8) is 0 Å². The summed E-state index contributed by atoms with van der Waals surface area (Å²) in [5.74, 6) is 0.782. The van der Waals surface area contributed by atoms with Crippen LogP contribution in [0.25, 0.3) is 0 Å². The summed E-state index contributed by atoms with van der Waals surface area (Å²) in [5.41, 5.74) is 2.12. The normalized spacial score (nSPS) is 24.8. The maximum absolute atomic E-state index is 12.7. The SMILES string of the molecule is CCCCC(C)C(=O)NCCCCCCNC(=O)CSc1cc2nc(c1)CN[C@@H]1CCCC[C@H]1NCCN[C@@H]1CCCC[C@H]1NC2. The number of carbonyl (C=O) groups excluding carboxylic acids is 2. The van der Waals surface area contributed by atoms with Gasteiger partial charge in [0, 0.05) is 74.2 Å². The van der Waals surface area contributed by atoms with E-state index in [0.29, 0.717) is 36.5 Å². The van der Waals surface area contributed by atoms with Gasteiger partial charge in [-0.05, 0) is 57.1 Å². The highest BCUT2D eigenvalue weighted by atomic mass is 32.2. The number of rotatable bonds is 14. The second-order valence-corrected chi connectivity index (χ2v) is 14.9. The van der Waals surface area contributed by atoms with E-state index in [0.717, 1.165) is 94.0 Å². The van der Waals surface area contributed by atoms with Crippen LogP contribution >= 0.6 is 11.8 Å². The molecule has 9 nitrogen and oxygen atoms in total. The minimum absolute atomic E-state index is 0.0835. The molecule has 2 heterocycles. The van der Waals surface area contributed by atoms with Gasteiger partial charge in [0.05, 0.1) is 17.1 Å². The van der Waals surface area contributed by atoms with Gasteiger partial charge in [0.25, 0.3) is 0 Å². The molecule has 1 aromatic heterocycles. The zero-order chi connectivity index (χ0) is 32.4. The molecule has 6 N–H and O–H groups in total. The van der Waals surface area contributed by atoms with E-state index in [1.165, 1.54) is 51.4 Å². The summed E-state index contributed by atoms with van der Waals surface area (Å²) in [6, 6.07) is 6.28. The average molecular weight is 658 g/mol. The molecule has 46 heavy (non-hydrogen) atoms. The van der Waals surface area contributed by atoms with Crippen molar-refractivity contribution in [1.82, 2.24) is 36.9 Å². The van der Waals surface area contributed by atoms with Gasteiger partial charge in [-0.25, -0.2) is 0 Å². The van der Waals surface area contributed by atoms with E-state index in [1.807, 2.05) is 6.92 Å². The molecule has 0 spiro atoms. The van der Waals surface area contributed by atoms with Gasteiger partial charge in [0.15, 0.2) is 0 Å². The molecule has 260 valence electrons. The Kier molecular flexibility index (Phi) is 17.2. The van der Waals surface area contributed by atoms with Crippen LogP contribution in [-0.2, 0) is 22.7 Å². The molecule has 0 radical (unpaired) electrons. The van der Waals surface area contributed by atoms with E-state index in [2.05, 4.69) is 51.0 Å². The fourth-order valence-electron chi connectivity index (χ4n) is 7.17. The van der Waals surface area contributed by atoms with Crippen LogP contribution in [0.5, 0.6) is 0 Å². The first-order chi connectivity index (χ1) is 22.5. The fourth-order valence-corrected chi connectivity index (χ4v) is 8.01. The van der Waals surface area contributed by atoms with Crippen LogP contribution in [0.15, 0.2) is 17.0 Å². The molecular weight excluding hydrogens is 595 g/mol. The summed E-state index contributed by atoms with van der Waals surface area (Å²) in [4.78, 5) is 31.0. The molecule has 0 aromatic carbocycles. The van der Waals surface area contributed by atoms with Crippen LogP contribution in [0, 0.1) is 5.92 Å². The molecule has 2 aliphatic carbocycles. The molecular formula is C36H63N7O2S. The van der Waals surface area contributed by atoms with E-state index in [4.69, 9.17) is 4.98 Å². The predicted molar refractivity (Wildman–Crippen MR) is 190 cm³/mol. The third kappa shape index (κ3) is 13.4. The summed E-state index contributed by atoms with van der Waals surface area (Å²) in [6.45, 7) is 9.15. The van der Waals surface area contributed by atoms with Crippen LogP contribution in [0.1, 0.15) is 122 Å². The number of hydrogen-bond acceptors (Lipinski definition) is 8. The molecule has 3 aliphatic rings. The quantitative estimate of drug-likeness (QED) is 0.125. The highest BCUT2D eigenvalue weighted by Crippen LogP contribution is 2.24. The highest BCUT2D eigenvalue weighted by molar-refractivity contribution is 8.00. The first-order valence-electron chi connectivity index (χ1n) is 18.6. The van der Waals surface area contributed by atoms with Crippen LogP contribution in [0.4, 0.5) is 0 Å². The van der Waals surface area contributed by atoms with Gasteiger partial charge in [-0.1, -0.05) is 65.2 Å². The summed E-state index contributed by atoms with van der Waals surface area (Å²) in [6.07, 6.45) is 17.3. The number of nitrogens with one attached hydrogen (secondary N) is 6. The van der Waals surface area contributed by atoms with Crippen LogP contribution in [-0.4, -0.2) is 72.9 Å². The lowest BCUT2D eigenvalue weighted by Gasteiger charge is -2.34. The zero-order valence-corrected chi connectivity index (χ0v) is 29.6. The molecule has 0 saturated heterocycles. The topological polar surface area (TPSA) is 119 Å². The Labute approximate surface area is 283 Å². The van der Waals surface area contributed by atoms with E-state index in [-0.39, 0.29) is 17.7 Å². The predicted octanol–water partition coefficient (Wildman–Crippen LogP) is 4.79. The number of hydrogen-bond donors (Lipinski definition) is 6. The average Bonchev–Trinajstić information content (AvgIpc) is 3.08. The Morgan fingerprint density at radius 1 is 0.783 bits per heavy atom. The second kappa shape index (κ2) is 21.3. The van der Waals surface area contributed by atoms with Crippen molar-refractivity contribution in [3.05, 3.63) is 23.5 Å². The van der Waals surface area contributed by atoms with Crippen LogP contribution in [0.3, 0.4) is 0 Å². The van der Waals surface area contributed by atoms with E-state index >= 15 is 0 Å². The lowest BCUT2D eigenvalue weighted by molar-refractivity contribution is -0.124. The van der Waals surface area contributed by atoms with E-state index < -0.39 is 0 Å². The standard InChI is InChI=1S/C36H63N7O2S/c1-3-4-13-27(2)36(45)40-19-12-6-5-11-18-39-35(44)26-46-30-22-28-24-41-33-16-9-7-14-31(33)37-20-21-38-32-15-8-10-17-34(32)42-25-29(23-30)43-28/h22-23,27,31-34,37-38,41-42H,3-21,24-26H2,1-2H3,(H,39,44)(H,40,45)/t27?,31-,32-,33-,34-/m1/s1. The van der Waals surface area contributed by atoms with Crippen molar-refractivity contribution < 1.29 is 9.59 Å². The molecule has 2 amide bonds. The van der Waals surface area contributed by atoms with Crippen molar-refractivity contribution in [2.45, 2.75) is 152 Å². The third-order valence-electron chi connectivity index (χ3n) is 10.00. The summed E-state index contributed by atoms with van der Waals surface area (Å²) in [7, 11) is 0. The Hall–Kier alpha value is -1.72. The van der Waals surface area contributed by atoms with E-state index in [9.17, 15) is 9.59 Å². The van der Waals surface area contributed by atoms with Gasteiger partial charge < -0.3 is 31.9 Å². The van der Waals surface area contributed by atoms with Gasteiger partial charge >= 0.3 is 0 Å². The van der Waals surface area contributed by atoms with Gasteiger partial charge in [-0.3, -0.25) is 14.6 Å². The molecule has 10 heteroatoms. The molecule has 4 rings (SSSR count). The molecule has 2 fully saturated rings. The highest BCUT2D eigenvalue weighted by Gasteiger charge is 2.27. The Balaban J connectivity index is 1.22. The van der Waals surface area contributed by atoms with Crippen molar-refractivity contribution in [2.24, 2.45) is 5.92 Å². The van der Waals surface area contributed by atoms with Gasteiger partial charge in [-0.2, -0.15) is 0 Å². The molecule has 1 aromatic rings. The summed E-state index contributed by atoms with van der Waals surface area (Å²) >= 11 is 1.61. The van der Waals surface area contributed by atoms with E-state index in [1.54, 1.807) is 11.8 Å². The molecule has 1 unspecified atom stereocenters. The van der Waals surface area contributed by atoms with Crippen LogP contribution in [0.2, 0.25) is 0 Å².